The average molecular weight is 447 g/mol. The summed E-state index contributed by atoms with van der Waals surface area (Å²) in [7, 11) is 0. The minimum Gasteiger partial charge on any atom is -0.356 e. The third-order valence-corrected chi connectivity index (χ3v) is 6.90. The van der Waals surface area contributed by atoms with Gasteiger partial charge in [0.15, 0.2) is 0 Å². The van der Waals surface area contributed by atoms with Crippen LogP contribution >= 0.6 is 0 Å². The highest BCUT2D eigenvalue weighted by Gasteiger charge is 2.27. The number of nitrogens with zero attached hydrogens (tertiary/aromatic N) is 3. The molecular weight excluding hydrogens is 420 g/mol. The van der Waals surface area contributed by atoms with Crippen LogP contribution in [0.5, 0.6) is 0 Å². The minimum atomic E-state index is -0.0747. The first kappa shape index (κ1) is 20.6. The molecule has 6 rings (SSSR count). The van der Waals surface area contributed by atoms with E-state index < -0.39 is 0 Å². The number of carbonyl (C=O) groups excluding carboxylic acids is 1. The molecule has 0 bridgehead atoms. The molecular formula is C29H26N4O. The van der Waals surface area contributed by atoms with Crippen molar-refractivity contribution in [1.82, 2.24) is 9.97 Å². The van der Waals surface area contributed by atoms with Crippen LogP contribution in [0.15, 0.2) is 85.2 Å². The Kier molecular flexibility index (Phi) is 5.30. The van der Waals surface area contributed by atoms with Gasteiger partial charge in [0, 0.05) is 30.4 Å². The maximum Gasteiger partial charge on any atom is 0.229 e. The molecule has 1 aliphatic heterocycles. The van der Waals surface area contributed by atoms with Crippen LogP contribution in [0.4, 0.5) is 11.5 Å². The number of benzene rings is 3. The zero-order valence-corrected chi connectivity index (χ0v) is 18.9. The Balaban J connectivity index is 1.15. The maximum absolute atomic E-state index is 13.2. The lowest BCUT2D eigenvalue weighted by Crippen LogP contribution is -2.41. The van der Waals surface area contributed by atoms with Crippen molar-refractivity contribution in [2.45, 2.75) is 19.3 Å². The van der Waals surface area contributed by atoms with E-state index in [0.29, 0.717) is 6.54 Å². The molecule has 0 saturated carbocycles. The van der Waals surface area contributed by atoms with E-state index in [1.807, 2.05) is 42.5 Å². The van der Waals surface area contributed by atoms with Gasteiger partial charge in [0.05, 0.1) is 11.6 Å². The zero-order valence-electron chi connectivity index (χ0n) is 18.9. The van der Waals surface area contributed by atoms with E-state index in [2.05, 4.69) is 56.6 Å². The summed E-state index contributed by atoms with van der Waals surface area (Å²) in [5, 5.41) is 3.18. The molecule has 1 saturated heterocycles. The summed E-state index contributed by atoms with van der Waals surface area (Å²) in [5.74, 6) is 0.883. The highest BCUT2D eigenvalue weighted by Crippen LogP contribution is 2.37. The van der Waals surface area contributed by atoms with E-state index in [0.717, 1.165) is 48.6 Å². The molecule has 5 nitrogen and oxygen atoms in total. The Bertz CT molecular complexity index is 1350. The van der Waals surface area contributed by atoms with Crippen molar-refractivity contribution in [3.63, 3.8) is 0 Å². The van der Waals surface area contributed by atoms with Crippen LogP contribution in [-0.2, 0) is 11.2 Å². The van der Waals surface area contributed by atoms with Crippen molar-refractivity contribution < 1.29 is 4.79 Å². The van der Waals surface area contributed by atoms with Gasteiger partial charge in [-0.25, -0.2) is 9.97 Å². The van der Waals surface area contributed by atoms with Gasteiger partial charge in [-0.15, -0.1) is 0 Å². The van der Waals surface area contributed by atoms with Crippen LogP contribution < -0.4 is 10.2 Å². The van der Waals surface area contributed by atoms with Crippen molar-refractivity contribution in [2.75, 3.05) is 23.3 Å². The Morgan fingerprint density at radius 3 is 2.62 bits per heavy atom. The van der Waals surface area contributed by atoms with Crippen molar-refractivity contribution in [3.05, 3.63) is 96.3 Å². The summed E-state index contributed by atoms with van der Waals surface area (Å²) in [6, 6.07) is 26.9. The predicted molar refractivity (Wildman–Crippen MR) is 136 cm³/mol. The van der Waals surface area contributed by atoms with Crippen molar-refractivity contribution >= 4 is 17.4 Å². The van der Waals surface area contributed by atoms with Crippen LogP contribution in [0, 0.1) is 5.92 Å². The molecule has 4 aromatic rings. The largest absolute Gasteiger partial charge is 0.356 e. The number of aromatic nitrogens is 2. The fourth-order valence-corrected chi connectivity index (χ4v) is 5.15. The highest BCUT2D eigenvalue weighted by atomic mass is 16.1. The molecule has 1 amide bonds. The number of fused-ring (bicyclic) bond motifs is 3. The topological polar surface area (TPSA) is 58.1 Å². The normalized spacial score (nSPS) is 16.6. The van der Waals surface area contributed by atoms with Gasteiger partial charge in [-0.2, -0.15) is 0 Å². The number of piperidine rings is 1. The molecule has 168 valence electrons. The second kappa shape index (κ2) is 8.75. The monoisotopic (exact) mass is 446 g/mol. The lowest BCUT2D eigenvalue weighted by atomic mass is 9.96. The van der Waals surface area contributed by atoms with Crippen LogP contribution in [0.3, 0.4) is 0 Å². The van der Waals surface area contributed by atoms with Crippen molar-refractivity contribution in [2.24, 2.45) is 5.92 Å². The Morgan fingerprint density at radius 2 is 1.71 bits per heavy atom. The number of hydrogen-bond donors (Lipinski definition) is 1. The van der Waals surface area contributed by atoms with Gasteiger partial charge in [0.25, 0.3) is 0 Å². The first-order valence-electron chi connectivity index (χ1n) is 11.9. The molecule has 1 fully saturated rings. The smallest absolute Gasteiger partial charge is 0.229 e. The van der Waals surface area contributed by atoms with E-state index >= 15 is 0 Å². The molecule has 0 spiro atoms. The van der Waals surface area contributed by atoms with Crippen LogP contribution in [0.2, 0.25) is 0 Å². The maximum atomic E-state index is 13.2. The van der Waals surface area contributed by atoms with Crippen LogP contribution in [0.1, 0.15) is 24.0 Å². The van der Waals surface area contributed by atoms with E-state index in [-0.39, 0.29) is 11.8 Å². The van der Waals surface area contributed by atoms with E-state index in [1.54, 1.807) is 6.33 Å². The van der Waals surface area contributed by atoms with Gasteiger partial charge in [-0.05, 0) is 53.6 Å². The second-order valence-corrected chi connectivity index (χ2v) is 9.11. The molecule has 34 heavy (non-hydrogen) atoms. The third-order valence-electron chi connectivity index (χ3n) is 6.90. The van der Waals surface area contributed by atoms with Crippen molar-refractivity contribution in [1.29, 1.82) is 0 Å². The first-order valence-corrected chi connectivity index (χ1v) is 11.9. The SMILES string of the molecule is O=C(Nc1ccc2c(c1)Cc1ccccc1-2)C1CCCN(c2cc(-c3ccccc3)ncn2)C1. The van der Waals surface area contributed by atoms with Gasteiger partial charge >= 0.3 is 0 Å². The quantitative estimate of drug-likeness (QED) is 0.392. The fourth-order valence-electron chi connectivity index (χ4n) is 5.15. The molecule has 1 aliphatic carbocycles. The lowest BCUT2D eigenvalue weighted by Gasteiger charge is -2.33. The van der Waals surface area contributed by atoms with Gasteiger partial charge in [-0.1, -0.05) is 60.7 Å². The van der Waals surface area contributed by atoms with Crippen LogP contribution in [0.25, 0.3) is 22.4 Å². The Hall–Kier alpha value is -3.99. The summed E-state index contributed by atoms with van der Waals surface area (Å²) in [6.07, 6.45) is 4.38. The number of nitrogens with one attached hydrogen (secondary N) is 1. The second-order valence-electron chi connectivity index (χ2n) is 9.11. The standard InChI is InChI=1S/C29H26N4O/c34-29(32-24-12-13-26-23(16-24)15-21-9-4-5-11-25(21)26)22-10-6-14-33(18-22)28-17-27(30-19-31-28)20-7-2-1-3-8-20/h1-5,7-9,11-13,16-17,19,22H,6,10,14-15,18H2,(H,32,34). The predicted octanol–water partition coefficient (Wildman–Crippen LogP) is 5.57. The summed E-state index contributed by atoms with van der Waals surface area (Å²) < 4.78 is 0. The van der Waals surface area contributed by atoms with E-state index in [4.69, 9.17) is 0 Å². The molecule has 1 atom stereocenters. The molecule has 2 aliphatic rings. The molecule has 1 aromatic heterocycles. The first-order chi connectivity index (χ1) is 16.7. The highest BCUT2D eigenvalue weighted by molar-refractivity contribution is 5.94. The molecule has 1 unspecified atom stereocenters. The van der Waals surface area contributed by atoms with E-state index in [9.17, 15) is 4.79 Å². The number of amides is 1. The minimum absolute atomic E-state index is 0.0747. The molecule has 2 heterocycles. The molecule has 1 N–H and O–H groups in total. The van der Waals surface area contributed by atoms with E-state index in [1.165, 1.54) is 22.3 Å². The zero-order chi connectivity index (χ0) is 22.9. The number of rotatable bonds is 4. The van der Waals surface area contributed by atoms with Gasteiger partial charge < -0.3 is 10.2 Å². The Morgan fingerprint density at radius 1 is 0.882 bits per heavy atom. The Labute approximate surface area is 199 Å². The third kappa shape index (κ3) is 3.94. The van der Waals surface area contributed by atoms with Crippen molar-refractivity contribution in [3.8, 4) is 22.4 Å². The fraction of sp³-hybridized carbons (Fsp3) is 0.207. The summed E-state index contributed by atoms with van der Waals surface area (Å²) >= 11 is 0. The van der Waals surface area contributed by atoms with Gasteiger partial charge in [0.1, 0.15) is 12.1 Å². The van der Waals surface area contributed by atoms with Gasteiger partial charge in [-0.3, -0.25) is 4.79 Å². The summed E-state index contributed by atoms with van der Waals surface area (Å²) in [5.41, 5.74) is 8.05. The van der Waals surface area contributed by atoms with Gasteiger partial charge in [0.2, 0.25) is 5.91 Å². The van der Waals surface area contributed by atoms with Crippen LogP contribution in [-0.4, -0.2) is 29.0 Å². The summed E-state index contributed by atoms with van der Waals surface area (Å²) in [4.78, 5) is 24.3. The molecule has 5 heteroatoms. The number of anilines is 2. The lowest BCUT2D eigenvalue weighted by molar-refractivity contribution is -0.120. The average Bonchev–Trinajstić information content (AvgIpc) is 3.27. The molecule has 3 aromatic carbocycles. The molecule has 0 radical (unpaired) electrons. The number of hydrogen-bond acceptors (Lipinski definition) is 4. The number of carbonyl (C=O) groups is 1. The summed E-state index contributed by atoms with van der Waals surface area (Å²) in [6.45, 7) is 1.56.